The Hall–Kier alpha value is -3.90. The molecule has 3 heteroatoms. The summed E-state index contributed by atoms with van der Waals surface area (Å²) in [6, 6.07) is 31.2. The van der Waals surface area contributed by atoms with Crippen molar-refractivity contribution in [3.63, 3.8) is 0 Å². The van der Waals surface area contributed by atoms with Gasteiger partial charge in [-0.05, 0) is 63.9 Å². The Morgan fingerprint density at radius 2 is 1.54 bits per heavy atom. The molecule has 0 unspecified atom stereocenters. The third-order valence-corrected chi connectivity index (χ3v) is 5.13. The molecule has 0 spiro atoms. The van der Waals surface area contributed by atoms with Gasteiger partial charge in [0.2, 0.25) is 0 Å². The summed E-state index contributed by atoms with van der Waals surface area (Å²) in [5, 5.41) is 11.4. The Labute approximate surface area is 163 Å². The van der Waals surface area contributed by atoms with Crippen LogP contribution in [-0.2, 0) is 6.54 Å². The van der Waals surface area contributed by atoms with Gasteiger partial charge in [-0.25, -0.2) is 4.98 Å². The molecular formula is C25H17N3. The van der Waals surface area contributed by atoms with Crippen LogP contribution in [0.1, 0.15) is 11.1 Å². The Kier molecular flexibility index (Phi) is 3.88. The van der Waals surface area contributed by atoms with Crippen molar-refractivity contribution >= 4 is 21.8 Å². The number of nitrogens with zero attached hydrogens (tertiary/aromatic N) is 3. The third kappa shape index (κ3) is 2.91. The predicted molar refractivity (Wildman–Crippen MR) is 113 cm³/mol. The van der Waals surface area contributed by atoms with Crippen LogP contribution in [0.4, 0.5) is 0 Å². The summed E-state index contributed by atoms with van der Waals surface area (Å²) in [6.07, 6.45) is 1.91. The van der Waals surface area contributed by atoms with Crippen LogP contribution in [0, 0.1) is 11.3 Å². The molecule has 0 saturated carbocycles. The van der Waals surface area contributed by atoms with Crippen LogP contribution in [0.2, 0.25) is 0 Å². The van der Waals surface area contributed by atoms with Crippen molar-refractivity contribution in [2.24, 2.45) is 0 Å². The minimum Gasteiger partial charge on any atom is -0.326 e. The van der Waals surface area contributed by atoms with Crippen molar-refractivity contribution in [2.75, 3.05) is 0 Å². The number of para-hydroxylation sites is 2. The largest absolute Gasteiger partial charge is 0.326 e. The fourth-order valence-electron chi connectivity index (χ4n) is 3.64. The predicted octanol–water partition coefficient (Wildman–Crippen LogP) is 5.78. The lowest BCUT2D eigenvalue weighted by Gasteiger charge is -2.08. The Morgan fingerprint density at radius 3 is 2.39 bits per heavy atom. The van der Waals surface area contributed by atoms with Crippen LogP contribution in [0.25, 0.3) is 32.9 Å². The molecule has 0 aliphatic heterocycles. The number of hydrogen-bond donors (Lipinski definition) is 0. The quantitative estimate of drug-likeness (QED) is 0.410. The van der Waals surface area contributed by atoms with Gasteiger partial charge in [-0.15, -0.1) is 0 Å². The summed E-state index contributed by atoms with van der Waals surface area (Å²) in [7, 11) is 0. The molecule has 5 rings (SSSR count). The molecule has 0 radical (unpaired) electrons. The molecule has 0 saturated heterocycles. The highest BCUT2D eigenvalue weighted by molar-refractivity contribution is 5.88. The average Bonchev–Trinajstić information content (AvgIpc) is 3.16. The second-order valence-corrected chi connectivity index (χ2v) is 6.95. The van der Waals surface area contributed by atoms with Crippen molar-refractivity contribution in [2.45, 2.75) is 6.54 Å². The Balaban J connectivity index is 1.47. The lowest BCUT2D eigenvalue weighted by atomic mass is 9.99. The number of hydrogen-bond acceptors (Lipinski definition) is 2. The zero-order chi connectivity index (χ0) is 18.9. The van der Waals surface area contributed by atoms with Gasteiger partial charge in [0.1, 0.15) is 0 Å². The highest BCUT2D eigenvalue weighted by atomic mass is 15.0. The summed E-state index contributed by atoms with van der Waals surface area (Å²) >= 11 is 0. The molecule has 0 atom stereocenters. The van der Waals surface area contributed by atoms with E-state index in [1.165, 1.54) is 16.3 Å². The highest BCUT2D eigenvalue weighted by Crippen LogP contribution is 2.26. The van der Waals surface area contributed by atoms with Crippen molar-refractivity contribution in [1.29, 1.82) is 5.26 Å². The molecule has 28 heavy (non-hydrogen) atoms. The SMILES string of the molecule is N#Cc1ccc(-c2ccc3cc(Cn4cnc5ccccc54)ccc3c2)cc1. The van der Waals surface area contributed by atoms with E-state index in [0.29, 0.717) is 5.56 Å². The first-order valence-electron chi connectivity index (χ1n) is 9.23. The van der Waals surface area contributed by atoms with Gasteiger partial charge in [0, 0.05) is 6.54 Å². The van der Waals surface area contributed by atoms with Crippen LogP contribution in [-0.4, -0.2) is 9.55 Å². The van der Waals surface area contributed by atoms with Crippen molar-refractivity contribution in [3.8, 4) is 17.2 Å². The first-order valence-corrected chi connectivity index (χ1v) is 9.23. The highest BCUT2D eigenvalue weighted by Gasteiger charge is 2.05. The summed E-state index contributed by atoms with van der Waals surface area (Å²) in [5.41, 5.74) is 6.39. The second kappa shape index (κ2) is 6.68. The average molecular weight is 359 g/mol. The van der Waals surface area contributed by atoms with E-state index >= 15 is 0 Å². The molecule has 0 aliphatic rings. The molecule has 1 aromatic heterocycles. The van der Waals surface area contributed by atoms with Crippen LogP contribution in [0.5, 0.6) is 0 Å². The maximum absolute atomic E-state index is 8.96. The summed E-state index contributed by atoms with van der Waals surface area (Å²) in [5.74, 6) is 0. The van der Waals surface area contributed by atoms with E-state index in [1.807, 2.05) is 48.8 Å². The maximum atomic E-state index is 8.96. The van der Waals surface area contributed by atoms with Gasteiger partial charge >= 0.3 is 0 Å². The molecule has 5 aromatic rings. The molecule has 3 nitrogen and oxygen atoms in total. The Bertz CT molecular complexity index is 1340. The summed E-state index contributed by atoms with van der Waals surface area (Å²) in [6.45, 7) is 0.799. The zero-order valence-electron chi connectivity index (χ0n) is 15.2. The summed E-state index contributed by atoms with van der Waals surface area (Å²) in [4.78, 5) is 4.48. The first kappa shape index (κ1) is 16.3. The van der Waals surface area contributed by atoms with Crippen LogP contribution in [0.15, 0.2) is 91.3 Å². The molecule has 4 aromatic carbocycles. The molecule has 0 bridgehead atoms. The van der Waals surface area contributed by atoms with Crippen LogP contribution >= 0.6 is 0 Å². The lowest BCUT2D eigenvalue weighted by molar-refractivity contribution is 0.826. The van der Waals surface area contributed by atoms with E-state index < -0.39 is 0 Å². The number of fused-ring (bicyclic) bond motifs is 2. The minimum atomic E-state index is 0.682. The fraction of sp³-hybridized carbons (Fsp3) is 0.0400. The zero-order valence-corrected chi connectivity index (χ0v) is 15.2. The van der Waals surface area contributed by atoms with Gasteiger partial charge in [-0.2, -0.15) is 5.26 Å². The first-order chi connectivity index (χ1) is 13.8. The third-order valence-electron chi connectivity index (χ3n) is 5.13. The smallest absolute Gasteiger partial charge is 0.0991 e. The number of nitriles is 1. The van der Waals surface area contributed by atoms with Gasteiger partial charge in [0.15, 0.2) is 0 Å². The topological polar surface area (TPSA) is 41.6 Å². The monoisotopic (exact) mass is 359 g/mol. The molecular weight excluding hydrogens is 342 g/mol. The number of benzene rings is 4. The lowest BCUT2D eigenvalue weighted by Crippen LogP contribution is -1.97. The molecule has 0 N–H and O–H groups in total. The number of rotatable bonds is 3. The minimum absolute atomic E-state index is 0.682. The van der Waals surface area contributed by atoms with E-state index in [-0.39, 0.29) is 0 Å². The van der Waals surface area contributed by atoms with Crippen LogP contribution in [0.3, 0.4) is 0 Å². The summed E-state index contributed by atoms with van der Waals surface area (Å²) < 4.78 is 2.18. The molecule has 132 valence electrons. The molecule has 1 heterocycles. The fourth-order valence-corrected chi connectivity index (χ4v) is 3.64. The van der Waals surface area contributed by atoms with Gasteiger partial charge in [0.05, 0.1) is 29.0 Å². The van der Waals surface area contributed by atoms with Crippen molar-refractivity contribution in [1.82, 2.24) is 9.55 Å². The molecule has 0 amide bonds. The number of imidazole rings is 1. The van der Waals surface area contributed by atoms with E-state index in [1.54, 1.807) is 0 Å². The van der Waals surface area contributed by atoms with Gasteiger partial charge < -0.3 is 4.57 Å². The Morgan fingerprint density at radius 1 is 0.786 bits per heavy atom. The normalized spacial score (nSPS) is 11.0. The molecule has 0 aliphatic carbocycles. The van der Waals surface area contributed by atoms with Crippen molar-refractivity contribution < 1.29 is 0 Å². The second-order valence-electron chi connectivity index (χ2n) is 6.95. The van der Waals surface area contributed by atoms with E-state index in [4.69, 9.17) is 5.26 Å². The van der Waals surface area contributed by atoms with E-state index in [9.17, 15) is 0 Å². The molecule has 0 fully saturated rings. The van der Waals surface area contributed by atoms with Gasteiger partial charge in [-0.1, -0.05) is 48.5 Å². The van der Waals surface area contributed by atoms with Gasteiger partial charge in [0.25, 0.3) is 0 Å². The van der Waals surface area contributed by atoms with Gasteiger partial charge in [-0.3, -0.25) is 0 Å². The van der Waals surface area contributed by atoms with E-state index in [2.05, 4.69) is 58.1 Å². The maximum Gasteiger partial charge on any atom is 0.0991 e. The van der Waals surface area contributed by atoms with Crippen molar-refractivity contribution in [3.05, 3.63) is 102 Å². The standard InChI is InChI=1S/C25H17N3/c26-15-18-5-8-20(9-6-18)22-12-11-21-13-19(7-10-23(21)14-22)16-28-17-27-24-3-1-2-4-25(24)28/h1-14,17H,16H2. The number of aromatic nitrogens is 2. The van der Waals surface area contributed by atoms with Crippen LogP contribution < -0.4 is 0 Å². The van der Waals surface area contributed by atoms with E-state index in [0.717, 1.165) is 28.7 Å².